The number of nitrogens with one attached hydrogen (secondary N) is 2. The number of carbonyl (C=O) groups is 2. The van der Waals surface area contributed by atoms with E-state index < -0.39 is 0 Å². The number of anilines is 1. The first-order chi connectivity index (χ1) is 18.6. The Kier molecular flexibility index (Phi) is 8.11. The Bertz CT molecular complexity index is 1400. The molecule has 0 aliphatic carbocycles. The first-order valence-electron chi connectivity index (χ1n) is 12.6. The minimum Gasteiger partial charge on any atom is -0.348 e. The lowest BCUT2D eigenvalue weighted by atomic mass is 9.95. The van der Waals surface area contributed by atoms with Crippen molar-refractivity contribution in [2.24, 2.45) is 5.92 Å². The average molecular weight is 530 g/mol. The van der Waals surface area contributed by atoms with Crippen LogP contribution < -0.4 is 10.6 Å². The van der Waals surface area contributed by atoms with Crippen LogP contribution in [0.4, 0.5) is 5.69 Å². The smallest absolute Gasteiger partial charge is 0.253 e. The molecule has 8 nitrogen and oxygen atoms in total. The second kappa shape index (κ2) is 12.0. The molecule has 0 unspecified atom stereocenters. The van der Waals surface area contributed by atoms with Crippen LogP contribution in [0.1, 0.15) is 34.7 Å². The van der Waals surface area contributed by atoms with Crippen molar-refractivity contribution < 1.29 is 14.1 Å². The lowest BCUT2D eigenvalue weighted by Crippen LogP contribution is -2.38. The molecule has 38 heavy (non-hydrogen) atoms. The fourth-order valence-corrected chi connectivity index (χ4v) is 4.73. The molecule has 5 rings (SSSR count). The summed E-state index contributed by atoms with van der Waals surface area (Å²) in [5, 5.41) is 10.5. The molecule has 9 heteroatoms. The van der Waals surface area contributed by atoms with E-state index in [-0.39, 0.29) is 17.7 Å². The van der Waals surface area contributed by atoms with Crippen molar-refractivity contribution in [3.8, 4) is 11.4 Å². The average Bonchev–Trinajstić information content (AvgIpc) is 3.41. The number of benzene rings is 3. The van der Waals surface area contributed by atoms with Crippen molar-refractivity contribution in [2.75, 3.05) is 18.4 Å². The summed E-state index contributed by atoms with van der Waals surface area (Å²) in [6.45, 7) is 2.37. The molecule has 2 heterocycles. The fourth-order valence-electron chi connectivity index (χ4n) is 4.51. The van der Waals surface area contributed by atoms with Gasteiger partial charge in [0, 0.05) is 18.0 Å². The SMILES string of the molecule is O=C(NCc1ccccc1)c1ccccc1NC(=O)C1CCN(Cc2nc(-c3ccccc3Cl)no2)CC1. The summed E-state index contributed by atoms with van der Waals surface area (Å²) in [5.41, 5.74) is 2.70. The molecule has 2 amide bonds. The highest BCUT2D eigenvalue weighted by atomic mass is 35.5. The van der Waals surface area contributed by atoms with Gasteiger partial charge in [0.25, 0.3) is 5.91 Å². The third-order valence-electron chi connectivity index (χ3n) is 6.63. The van der Waals surface area contributed by atoms with E-state index in [0.29, 0.717) is 53.9 Å². The van der Waals surface area contributed by atoms with E-state index in [1.54, 1.807) is 24.3 Å². The van der Waals surface area contributed by atoms with Crippen LogP contribution in [0.2, 0.25) is 5.02 Å². The zero-order chi connectivity index (χ0) is 26.3. The highest BCUT2D eigenvalue weighted by Crippen LogP contribution is 2.26. The van der Waals surface area contributed by atoms with Gasteiger partial charge in [-0.3, -0.25) is 14.5 Å². The first kappa shape index (κ1) is 25.6. The Morgan fingerprint density at radius 1 is 0.947 bits per heavy atom. The van der Waals surface area contributed by atoms with Gasteiger partial charge in [-0.15, -0.1) is 0 Å². The van der Waals surface area contributed by atoms with Gasteiger partial charge in [0.2, 0.25) is 17.6 Å². The van der Waals surface area contributed by atoms with Gasteiger partial charge in [-0.1, -0.05) is 71.4 Å². The molecule has 1 aliphatic rings. The lowest BCUT2D eigenvalue weighted by molar-refractivity contribution is -0.121. The zero-order valence-electron chi connectivity index (χ0n) is 20.8. The second-order valence-electron chi connectivity index (χ2n) is 9.25. The molecule has 0 atom stereocenters. The molecule has 0 bridgehead atoms. The molecule has 194 valence electrons. The Morgan fingerprint density at radius 3 is 2.45 bits per heavy atom. The third kappa shape index (κ3) is 6.27. The standard InChI is InChI=1S/C29H28ClN5O3/c30-24-12-6-4-10-22(24)27-33-26(38-34-27)19-35-16-14-21(15-17-35)28(36)32-25-13-7-5-11-23(25)29(37)31-18-20-8-2-1-3-9-20/h1-13,21H,14-19H2,(H,31,37)(H,32,36). The number of aromatic nitrogens is 2. The topological polar surface area (TPSA) is 100 Å². The van der Waals surface area contributed by atoms with E-state index >= 15 is 0 Å². The summed E-state index contributed by atoms with van der Waals surface area (Å²) in [7, 11) is 0. The number of rotatable bonds is 8. The minimum atomic E-state index is -0.227. The predicted octanol–water partition coefficient (Wildman–Crippen LogP) is 5.17. The maximum absolute atomic E-state index is 13.1. The summed E-state index contributed by atoms with van der Waals surface area (Å²) < 4.78 is 5.44. The van der Waals surface area contributed by atoms with Gasteiger partial charge in [-0.2, -0.15) is 4.98 Å². The van der Waals surface area contributed by atoms with Crippen molar-refractivity contribution in [1.29, 1.82) is 0 Å². The van der Waals surface area contributed by atoms with E-state index in [1.807, 2.05) is 54.6 Å². The second-order valence-corrected chi connectivity index (χ2v) is 9.65. The number of likely N-dealkylation sites (tertiary alicyclic amines) is 1. The highest BCUT2D eigenvalue weighted by Gasteiger charge is 2.27. The number of para-hydroxylation sites is 1. The van der Waals surface area contributed by atoms with Crippen molar-refractivity contribution in [3.63, 3.8) is 0 Å². The molecule has 1 saturated heterocycles. The van der Waals surface area contributed by atoms with Gasteiger partial charge < -0.3 is 15.2 Å². The number of nitrogens with zero attached hydrogens (tertiary/aromatic N) is 3. The van der Waals surface area contributed by atoms with Crippen molar-refractivity contribution in [1.82, 2.24) is 20.4 Å². The van der Waals surface area contributed by atoms with Crippen LogP contribution in [0.3, 0.4) is 0 Å². The maximum Gasteiger partial charge on any atom is 0.253 e. The molecule has 1 aromatic heterocycles. The van der Waals surface area contributed by atoms with Crippen molar-refractivity contribution >= 4 is 29.1 Å². The highest BCUT2D eigenvalue weighted by molar-refractivity contribution is 6.33. The van der Waals surface area contributed by atoms with Crippen LogP contribution in [-0.4, -0.2) is 39.9 Å². The first-order valence-corrected chi connectivity index (χ1v) is 13.0. The van der Waals surface area contributed by atoms with Crippen molar-refractivity contribution in [3.05, 3.63) is 101 Å². The number of amides is 2. The summed E-state index contributed by atoms with van der Waals surface area (Å²) >= 11 is 6.24. The summed E-state index contributed by atoms with van der Waals surface area (Å²) in [5.74, 6) is 0.528. The summed E-state index contributed by atoms with van der Waals surface area (Å²) in [6, 6.07) is 24.2. The molecule has 4 aromatic rings. The zero-order valence-corrected chi connectivity index (χ0v) is 21.5. The number of hydrogen-bond acceptors (Lipinski definition) is 6. The van der Waals surface area contributed by atoms with Crippen LogP contribution in [0.15, 0.2) is 83.4 Å². The summed E-state index contributed by atoms with van der Waals surface area (Å²) in [4.78, 5) is 32.6. The molecular weight excluding hydrogens is 502 g/mol. The molecule has 3 aromatic carbocycles. The van der Waals surface area contributed by atoms with E-state index in [1.165, 1.54) is 0 Å². The maximum atomic E-state index is 13.1. The molecule has 0 radical (unpaired) electrons. The molecule has 1 fully saturated rings. The minimum absolute atomic E-state index is 0.0771. The Labute approximate surface area is 226 Å². The summed E-state index contributed by atoms with van der Waals surface area (Å²) in [6.07, 6.45) is 1.39. The molecule has 2 N–H and O–H groups in total. The molecule has 0 saturated carbocycles. The van der Waals surface area contributed by atoms with Gasteiger partial charge in [0.15, 0.2) is 0 Å². The van der Waals surface area contributed by atoms with E-state index in [9.17, 15) is 9.59 Å². The van der Waals surface area contributed by atoms with Gasteiger partial charge in [0.1, 0.15) is 0 Å². The van der Waals surface area contributed by atoms with Crippen molar-refractivity contribution in [2.45, 2.75) is 25.9 Å². The number of piperidine rings is 1. The van der Waals surface area contributed by atoms with Gasteiger partial charge in [0.05, 0.1) is 22.8 Å². The predicted molar refractivity (Wildman–Crippen MR) is 145 cm³/mol. The Hall–Kier alpha value is -4.01. The fraction of sp³-hybridized carbons (Fsp3) is 0.241. The van der Waals surface area contributed by atoms with Crippen LogP contribution in [0.5, 0.6) is 0 Å². The normalized spacial score (nSPS) is 14.2. The van der Waals surface area contributed by atoms with Gasteiger partial charge >= 0.3 is 0 Å². The lowest BCUT2D eigenvalue weighted by Gasteiger charge is -2.30. The Balaban J connectivity index is 1.13. The molecular formula is C29H28ClN5O3. The van der Waals surface area contributed by atoms with Crippen LogP contribution in [0, 0.1) is 5.92 Å². The largest absolute Gasteiger partial charge is 0.348 e. The molecule has 0 spiro atoms. The molecule has 1 aliphatic heterocycles. The number of halogens is 1. The van der Waals surface area contributed by atoms with Gasteiger partial charge in [-0.25, -0.2) is 0 Å². The Morgan fingerprint density at radius 2 is 1.66 bits per heavy atom. The van der Waals surface area contributed by atoms with E-state index in [0.717, 1.165) is 24.2 Å². The quantitative estimate of drug-likeness (QED) is 0.326. The van der Waals surface area contributed by atoms with Crippen LogP contribution in [0.25, 0.3) is 11.4 Å². The van der Waals surface area contributed by atoms with Crippen LogP contribution >= 0.6 is 11.6 Å². The monoisotopic (exact) mass is 529 g/mol. The number of carbonyl (C=O) groups excluding carboxylic acids is 2. The van der Waals surface area contributed by atoms with E-state index in [4.69, 9.17) is 16.1 Å². The number of hydrogen-bond donors (Lipinski definition) is 2. The third-order valence-corrected chi connectivity index (χ3v) is 6.96. The van der Waals surface area contributed by atoms with Gasteiger partial charge in [-0.05, 0) is 55.8 Å². The van der Waals surface area contributed by atoms with E-state index in [2.05, 4.69) is 25.7 Å². The van der Waals surface area contributed by atoms with Crippen LogP contribution in [-0.2, 0) is 17.9 Å².